The number of carbonyl (C=O) groups is 1. The molecule has 2 aliphatic rings. The molecule has 0 fully saturated rings. The molecule has 0 bridgehead atoms. The van der Waals surface area contributed by atoms with E-state index in [4.69, 9.17) is 39.9 Å². The SMILES string of the molecule is O=C1CCCC2=C1C(c1ccc(Cl)c(Cl)c1)n1nc(-c3ccc(Cl)cc3)nc1N2. The maximum absolute atomic E-state index is 12.9. The maximum Gasteiger partial charge on any atom is 0.226 e. The average Bonchev–Trinajstić information content (AvgIpc) is 3.13. The Kier molecular flexibility index (Phi) is 4.62. The Labute approximate surface area is 182 Å². The van der Waals surface area contributed by atoms with Crippen LogP contribution in [0.5, 0.6) is 0 Å². The molecule has 0 amide bonds. The summed E-state index contributed by atoms with van der Waals surface area (Å²) >= 11 is 18.4. The lowest BCUT2D eigenvalue weighted by atomic mass is 9.85. The molecular weight excluding hydrogens is 431 g/mol. The monoisotopic (exact) mass is 444 g/mol. The Bertz CT molecular complexity index is 1170. The van der Waals surface area contributed by atoms with Gasteiger partial charge in [-0.1, -0.05) is 40.9 Å². The summed E-state index contributed by atoms with van der Waals surface area (Å²) in [6.07, 6.45) is 2.13. The van der Waals surface area contributed by atoms with Crippen molar-refractivity contribution in [3.8, 4) is 11.4 Å². The van der Waals surface area contributed by atoms with E-state index >= 15 is 0 Å². The lowest BCUT2D eigenvalue weighted by molar-refractivity contribution is -0.116. The van der Waals surface area contributed by atoms with Crippen molar-refractivity contribution in [2.45, 2.75) is 25.3 Å². The number of nitrogens with zero attached hydrogens (tertiary/aromatic N) is 3. The van der Waals surface area contributed by atoms with Crippen molar-refractivity contribution < 1.29 is 4.79 Å². The highest BCUT2D eigenvalue weighted by atomic mass is 35.5. The fraction of sp³-hybridized carbons (Fsp3) is 0.190. The molecule has 1 aliphatic carbocycles. The molecule has 1 atom stereocenters. The highest BCUT2D eigenvalue weighted by Crippen LogP contribution is 2.41. The molecule has 0 radical (unpaired) electrons. The fourth-order valence-corrected chi connectivity index (χ4v) is 4.30. The minimum Gasteiger partial charge on any atom is -0.328 e. The minimum atomic E-state index is -0.405. The van der Waals surface area contributed by atoms with Crippen LogP contribution in [-0.2, 0) is 4.79 Å². The van der Waals surface area contributed by atoms with Crippen molar-refractivity contribution in [2.24, 2.45) is 0 Å². The first-order valence-corrected chi connectivity index (χ1v) is 10.4. The van der Waals surface area contributed by atoms with Gasteiger partial charge in [0.15, 0.2) is 11.6 Å². The van der Waals surface area contributed by atoms with Crippen LogP contribution in [0.3, 0.4) is 0 Å². The third-order valence-electron chi connectivity index (χ3n) is 5.23. The number of hydrogen-bond donors (Lipinski definition) is 1. The molecule has 1 N–H and O–H groups in total. The zero-order valence-corrected chi connectivity index (χ0v) is 17.4. The van der Waals surface area contributed by atoms with Crippen molar-refractivity contribution in [1.29, 1.82) is 0 Å². The summed E-state index contributed by atoms with van der Waals surface area (Å²) < 4.78 is 1.76. The van der Waals surface area contributed by atoms with Crippen LogP contribution in [0.1, 0.15) is 30.9 Å². The molecule has 2 heterocycles. The molecule has 1 aromatic heterocycles. The van der Waals surface area contributed by atoms with E-state index in [1.54, 1.807) is 28.9 Å². The van der Waals surface area contributed by atoms with Gasteiger partial charge in [0.2, 0.25) is 5.95 Å². The largest absolute Gasteiger partial charge is 0.328 e. The molecule has 1 unspecified atom stereocenters. The van der Waals surface area contributed by atoms with Gasteiger partial charge in [-0.05, 0) is 54.8 Å². The molecule has 146 valence electrons. The number of allylic oxidation sites excluding steroid dienone is 2. The molecule has 0 spiro atoms. The summed E-state index contributed by atoms with van der Waals surface area (Å²) in [5.74, 6) is 1.27. The summed E-state index contributed by atoms with van der Waals surface area (Å²) in [5.41, 5.74) is 3.31. The smallest absolute Gasteiger partial charge is 0.226 e. The van der Waals surface area contributed by atoms with Gasteiger partial charge < -0.3 is 5.32 Å². The van der Waals surface area contributed by atoms with Gasteiger partial charge in [-0.15, -0.1) is 5.10 Å². The summed E-state index contributed by atoms with van der Waals surface area (Å²) in [6.45, 7) is 0. The number of rotatable bonds is 2. The van der Waals surface area contributed by atoms with Crippen LogP contribution >= 0.6 is 34.8 Å². The van der Waals surface area contributed by atoms with E-state index in [0.29, 0.717) is 33.3 Å². The van der Waals surface area contributed by atoms with E-state index in [1.807, 2.05) is 18.2 Å². The second kappa shape index (κ2) is 7.17. The van der Waals surface area contributed by atoms with Crippen molar-refractivity contribution in [1.82, 2.24) is 14.8 Å². The minimum absolute atomic E-state index is 0.115. The fourth-order valence-electron chi connectivity index (χ4n) is 3.87. The molecule has 5 rings (SSSR count). The van der Waals surface area contributed by atoms with Crippen LogP contribution in [0.15, 0.2) is 53.7 Å². The van der Waals surface area contributed by atoms with E-state index in [0.717, 1.165) is 35.2 Å². The average molecular weight is 446 g/mol. The van der Waals surface area contributed by atoms with E-state index < -0.39 is 6.04 Å². The first-order chi connectivity index (χ1) is 14.0. The molecule has 1 aliphatic heterocycles. The molecule has 0 saturated heterocycles. The summed E-state index contributed by atoms with van der Waals surface area (Å²) in [4.78, 5) is 17.5. The van der Waals surface area contributed by atoms with Gasteiger partial charge in [-0.2, -0.15) is 4.98 Å². The molecule has 5 nitrogen and oxygen atoms in total. The second-order valence-electron chi connectivity index (χ2n) is 7.08. The number of carbonyl (C=O) groups excluding carboxylic acids is 1. The number of anilines is 1. The van der Waals surface area contributed by atoms with Gasteiger partial charge in [0, 0.05) is 28.3 Å². The Balaban J connectivity index is 1.68. The van der Waals surface area contributed by atoms with Gasteiger partial charge in [-0.25, -0.2) is 4.68 Å². The number of benzene rings is 2. The van der Waals surface area contributed by atoms with Crippen LogP contribution in [0.2, 0.25) is 15.1 Å². The number of aromatic nitrogens is 3. The summed E-state index contributed by atoms with van der Waals surface area (Å²) in [7, 11) is 0. The van der Waals surface area contributed by atoms with E-state index in [9.17, 15) is 4.79 Å². The Morgan fingerprint density at radius 3 is 2.55 bits per heavy atom. The quantitative estimate of drug-likeness (QED) is 0.531. The third-order valence-corrected chi connectivity index (χ3v) is 6.22. The maximum atomic E-state index is 12.9. The molecular formula is C21H15Cl3N4O. The number of fused-ring (bicyclic) bond motifs is 1. The zero-order chi connectivity index (χ0) is 20.1. The number of ketones is 1. The highest BCUT2D eigenvalue weighted by Gasteiger charge is 2.37. The first-order valence-electron chi connectivity index (χ1n) is 9.22. The number of halogens is 3. The van der Waals surface area contributed by atoms with Crippen LogP contribution < -0.4 is 5.32 Å². The Morgan fingerprint density at radius 1 is 1.00 bits per heavy atom. The number of hydrogen-bond acceptors (Lipinski definition) is 4. The van der Waals surface area contributed by atoms with Gasteiger partial charge in [0.25, 0.3) is 0 Å². The normalized spacial score (nSPS) is 18.3. The Morgan fingerprint density at radius 2 is 1.79 bits per heavy atom. The molecule has 3 aromatic rings. The summed E-state index contributed by atoms with van der Waals surface area (Å²) in [6, 6.07) is 12.3. The van der Waals surface area contributed by atoms with Crippen molar-refractivity contribution in [3.63, 3.8) is 0 Å². The lowest BCUT2D eigenvalue weighted by Gasteiger charge is -2.32. The van der Waals surface area contributed by atoms with Gasteiger partial charge >= 0.3 is 0 Å². The van der Waals surface area contributed by atoms with Crippen LogP contribution in [0, 0.1) is 0 Å². The number of nitrogens with one attached hydrogen (secondary N) is 1. The van der Waals surface area contributed by atoms with Crippen LogP contribution in [0.4, 0.5) is 5.95 Å². The third kappa shape index (κ3) is 3.23. The van der Waals surface area contributed by atoms with Crippen LogP contribution in [-0.4, -0.2) is 20.5 Å². The van der Waals surface area contributed by atoms with Gasteiger partial charge in [0.05, 0.1) is 10.0 Å². The van der Waals surface area contributed by atoms with Gasteiger partial charge in [0.1, 0.15) is 6.04 Å². The Hall–Kier alpha value is -2.34. The van der Waals surface area contributed by atoms with E-state index in [-0.39, 0.29) is 5.78 Å². The summed E-state index contributed by atoms with van der Waals surface area (Å²) in [5, 5.41) is 9.59. The predicted octanol–water partition coefficient (Wildman–Crippen LogP) is 5.93. The first kappa shape index (κ1) is 18.7. The number of Topliss-reactive ketones (excluding diaryl/α,β-unsaturated/α-hetero) is 1. The predicted molar refractivity (Wildman–Crippen MR) is 115 cm³/mol. The van der Waals surface area contributed by atoms with Crippen molar-refractivity contribution >= 4 is 46.5 Å². The van der Waals surface area contributed by atoms with Crippen molar-refractivity contribution in [3.05, 3.63) is 74.4 Å². The van der Waals surface area contributed by atoms with Gasteiger partial charge in [-0.3, -0.25) is 4.79 Å². The second-order valence-corrected chi connectivity index (χ2v) is 8.33. The molecule has 29 heavy (non-hydrogen) atoms. The standard InChI is InChI=1S/C21H15Cl3N4O/c22-13-7-4-11(5-8-13)20-26-21-25-16-2-1-3-17(29)18(16)19(28(21)27-20)12-6-9-14(23)15(24)10-12/h4-10,19H,1-3H2,(H,25,26,27). The van der Waals surface area contributed by atoms with E-state index in [1.165, 1.54) is 0 Å². The lowest BCUT2D eigenvalue weighted by Crippen LogP contribution is -2.31. The highest BCUT2D eigenvalue weighted by molar-refractivity contribution is 6.42. The topological polar surface area (TPSA) is 59.8 Å². The van der Waals surface area contributed by atoms with Crippen molar-refractivity contribution in [2.75, 3.05) is 5.32 Å². The molecule has 8 heteroatoms. The van der Waals surface area contributed by atoms with E-state index in [2.05, 4.69) is 10.3 Å². The zero-order valence-electron chi connectivity index (χ0n) is 15.1. The van der Waals surface area contributed by atoms with Crippen LogP contribution in [0.25, 0.3) is 11.4 Å². The molecule has 2 aromatic carbocycles. The molecule has 0 saturated carbocycles.